The van der Waals surface area contributed by atoms with Gasteiger partial charge in [-0.3, -0.25) is 4.79 Å². The van der Waals surface area contributed by atoms with Crippen LogP contribution in [0.25, 0.3) is 10.9 Å². The number of hydrogen-bond donors (Lipinski definition) is 1. The van der Waals surface area contributed by atoms with Crippen molar-refractivity contribution in [1.29, 1.82) is 0 Å². The Balaban J connectivity index is 1.75. The summed E-state index contributed by atoms with van der Waals surface area (Å²) in [6, 6.07) is 6.50. The van der Waals surface area contributed by atoms with Crippen molar-refractivity contribution in [3.8, 4) is 5.75 Å². The lowest BCUT2D eigenvalue weighted by atomic mass is 10.1. The third-order valence-corrected chi connectivity index (χ3v) is 5.81. The second-order valence-corrected chi connectivity index (χ2v) is 7.88. The highest BCUT2D eigenvalue weighted by Crippen LogP contribution is 2.44. The minimum Gasteiger partial charge on any atom is -0.487 e. The maximum absolute atomic E-state index is 15.2. The Kier molecular flexibility index (Phi) is 3.86. The van der Waals surface area contributed by atoms with Crippen LogP contribution in [-0.4, -0.2) is 22.2 Å². The van der Waals surface area contributed by atoms with Crippen molar-refractivity contribution in [2.75, 3.05) is 11.5 Å². The zero-order valence-corrected chi connectivity index (χ0v) is 16.2. The molecule has 0 saturated carbocycles. The van der Waals surface area contributed by atoms with E-state index in [1.54, 1.807) is 10.6 Å². The highest BCUT2D eigenvalue weighted by molar-refractivity contribution is 6.30. The van der Waals surface area contributed by atoms with Crippen LogP contribution in [0.2, 0.25) is 5.02 Å². The lowest BCUT2D eigenvalue weighted by molar-refractivity contribution is 0.0694. The van der Waals surface area contributed by atoms with E-state index in [1.165, 1.54) is 6.20 Å². The summed E-state index contributed by atoms with van der Waals surface area (Å²) in [5.74, 6) is -1.68. The molecule has 1 unspecified atom stereocenters. The Bertz CT molecular complexity index is 1270. The van der Waals surface area contributed by atoms with E-state index in [1.807, 2.05) is 24.0 Å². The van der Waals surface area contributed by atoms with Gasteiger partial charge in [-0.25, -0.2) is 9.18 Å². The maximum Gasteiger partial charge on any atom is 0.341 e. The summed E-state index contributed by atoms with van der Waals surface area (Å²) in [6.45, 7) is 3.04. The second-order valence-electron chi connectivity index (χ2n) is 7.45. The zero-order chi connectivity index (χ0) is 20.4. The van der Waals surface area contributed by atoms with Crippen LogP contribution in [0.1, 0.15) is 34.5 Å². The van der Waals surface area contributed by atoms with E-state index in [0.717, 1.165) is 17.2 Å². The van der Waals surface area contributed by atoms with Crippen molar-refractivity contribution >= 4 is 34.2 Å². The molecular weight excluding hydrogens is 399 g/mol. The first kappa shape index (κ1) is 18.0. The van der Waals surface area contributed by atoms with Gasteiger partial charge >= 0.3 is 5.97 Å². The van der Waals surface area contributed by atoms with Crippen molar-refractivity contribution in [1.82, 2.24) is 4.57 Å². The summed E-state index contributed by atoms with van der Waals surface area (Å²) in [4.78, 5) is 26.0. The Labute approximate surface area is 169 Å². The van der Waals surface area contributed by atoms with Gasteiger partial charge in [0, 0.05) is 24.3 Å². The Hall–Kier alpha value is -3.06. The average Bonchev–Trinajstić information content (AvgIpc) is 3.08. The van der Waals surface area contributed by atoms with Crippen LogP contribution < -0.4 is 15.1 Å². The van der Waals surface area contributed by atoms with Crippen LogP contribution in [-0.2, 0) is 13.1 Å². The van der Waals surface area contributed by atoms with Crippen molar-refractivity contribution in [3.63, 3.8) is 0 Å². The minimum atomic E-state index is -1.34. The molecule has 3 heterocycles. The topological polar surface area (TPSA) is 71.8 Å². The number of pyridine rings is 1. The summed E-state index contributed by atoms with van der Waals surface area (Å²) in [7, 11) is 0. The summed E-state index contributed by atoms with van der Waals surface area (Å²) in [6.07, 6.45) is 1.32. The first-order valence-corrected chi connectivity index (χ1v) is 9.52. The number of benzene rings is 2. The number of ether oxygens (including phenoxy) is 1. The van der Waals surface area contributed by atoms with Gasteiger partial charge < -0.3 is 19.3 Å². The predicted octanol–water partition coefficient (Wildman–Crippen LogP) is 3.97. The van der Waals surface area contributed by atoms with Crippen molar-refractivity contribution < 1.29 is 19.0 Å². The molecule has 0 bridgehead atoms. The fraction of sp³-hybridized carbons (Fsp3) is 0.238. The van der Waals surface area contributed by atoms with E-state index in [2.05, 4.69) is 0 Å². The van der Waals surface area contributed by atoms with Gasteiger partial charge in [-0.2, -0.15) is 0 Å². The van der Waals surface area contributed by atoms with Crippen molar-refractivity contribution in [2.24, 2.45) is 0 Å². The fourth-order valence-corrected chi connectivity index (χ4v) is 4.37. The van der Waals surface area contributed by atoms with Gasteiger partial charge in [0.2, 0.25) is 5.43 Å². The average molecular weight is 415 g/mol. The SMILES string of the molecule is CC1COc2c(N3Cc4ccc(Cl)cc4C3)c(F)cc3c(=O)c(C(=O)O)cn1c23. The molecule has 0 fully saturated rings. The van der Waals surface area contributed by atoms with Crippen molar-refractivity contribution in [3.05, 3.63) is 68.2 Å². The van der Waals surface area contributed by atoms with Crippen LogP contribution >= 0.6 is 11.6 Å². The van der Waals surface area contributed by atoms with Gasteiger partial charge in [-0.05, 0) is 36.2 Å². The summed E-state index contributed by atoms with van der Waals surface area (Å²) >= 11 is 6.09. The molecule has 2 aromatic carbocycles. The number of aromatic nitrogens is 1. The van der Waals surface area contributed by atoms with Crippen LogP contribution in [0.4, 0.5) is 10.1 Å². The van der Waals surface area contributed by atoms with E-state index in [0.29, 0.717) is 23.6 Å². The van der Waals surface area contributed by atoms with Gasteiger partial charge in [0.15, 0.2) is 11.6 Å². The number of rotatable bonds is 2. The molecule has 1 atom stereocenters. The van der Waals surface area contributed by atoms with Gasteiger partial charge in [0.25, 0.3) is 0 Å². The molecule has 0 spiro atoms. The molecule has 5 rings (SSSR count). The molecular formula is C21H16ClFN2O4. The number of carboxylic acid groups (broad SMARTS) is 1. The largest absolute Gasteiger partial charge is 0.487 e. The molecule has 6 nitrogen and oxygen atoms in total. The molecule has 2 aliphatic heterocycles. The van der Waals surface area contributed by atoms with E-state index >= 15 is 4.39 Å². The number of aromatic carboxylic acids is 1. The summed E-state index contributed by atoms with van der Waals surface area (Å²) in [5, 5.41) is 10.0. The Morgan fingerprint density at radius 3 is 2.79 bits per heavy atom. The monoisotopic (exact) mass is 414 g/mol. The molecule has 0 amide bonds. The predicted molar refractivity (Wildman–Crippen MR) is 107 cm³/mol. The lowest BCUT2D eigenvalue weighted by Crippen LogP contribution is -2.28. The van der Waals surface area contributed by atoms with E-state index in [4.69, 9.17) is 16.3 Å². The smallest absolute Gasteiger partial charge is 0.341 e. The maximum atomic E-state index is 15.2. The first-order chi connectivity index (χ1) is 13.8. The molecule has 0 saturated heterocycles. The van der Waals surface area contributed by atoms with Gasteiger partial charge in [0.05, 0.1) is 16.9 Å². The highest BCUT2D eigenvalue weighted by atomic mass is 35.5. The van der Waals surface area contributed by atoms with E-state index in [-0.39, 0.29) is 35.0 Å². The highest BCUT2D eigenvalue weighted by Gasteiger charge is 2.32. The quantitative estimate of drug-likeness (QED) is 0.687. The number of anilines is 1. The number of hydrogen-bond acceptors (Lipinski definition) is 4. The minimum absolute atomic E-state index is 0.00690. The number of fused-ring (bicyclic) bond motifs is 1. The van der Waals surface area contributed by atoms with Crippen LogP contribution in [0, 0.1) is 5.82 Å². The number of carbonyl (C=O) groups is 1. The Morgan fingerprint density at radius 1 is 1.28 bits per heavy atom. The summed E-state index contributed by atoms with van der Waals surface area (Å²) < 4.78 is 22.8. The molecule has 3 aromatic rings. The van der Waals surface area contributed by atoms with Gasteiger partial charge in [0.1, 0.15) is 17.9 Å². The van der Waals surface area contributed by atoms with E-state index < -0.39 is 17.2 Å². The van der Waals surface area contributed by atoms with Crippen molar-refractivity contribution in [2.45, 2.75) is 26.1 Å². The fourth-order valence-electron chi connectivity index (χ4n) is 4.18. The third-order valence-electron chi connectivity index (χ3n) is 5.58. The normalized spacial score (nSPS) is 17.3. The van der Waals surface area contributed by atoms with Gasteiger partial charge in [-0.1, -0.05) is 17.7 Å². The van der Waals surface area contributed by atoms with Crippen LogP contribution in [0.3, 0.4) is 0 Å². The number of carboxylic acids is 1. The third kappa shape index (κ3) is 2.61. The lowest BCUT2D eigenvalue weighted by Gasteiger charge is -2.31. The molecule has 0 radical (unpaired) electrons. The molecule has 1 N–H and O–H groups in total. The van der Waals surface area contributed by atoms with Crippen LogP contribution in [0.5, 0.6) is 5.75 Å². The molecule has 2 aliphatic rings. The molecule has 1 aromatic heterocycles. The Morgan fingerprint density at radius 2 is 2.03 bits per heavy atom. The molecule has 8 heteroatoms. The number of nitrogens with zero attached hydrogens (tertiary/aromatic N) is 2. The second kappa shape index (κ2) is 6.22. The van der Waals surface area contributed by atoms with Crippen LogP contribution in [0.15, 0.2) is 35.3 Å². The first-order valence-electron chi connectivity index (χ1n) is 9.15. The zero-order valence-electron chi connectivity index (χ0n) is 15.4. The summed E-state index contributed by atoms with van der Waals surface area (Å²) in [5.41, 5.74) is 1.64. The number of halogens is 2. The standard InChI is InChI=1S/C21H16ClFN2O4/c1-10-9-29-20-17-14(19(26)15(21(27)28)8-25(10)17)5-16(23)18(20)24-6-11-2-3-13(22)4-12(11)7-24/h2-5,8,10H,6-7,9H2,1H3,(H,27,28). The molecule has 148 valence electrons. The molecule has 0 aliphatic carbocycles. The van der Waals surface area contributed by atoms with E-state index in [9.17, 15) is 14.7 Å². The molecule has 29 heavy (non-hydrogen) atoms. The van der Waals surface area contributed by atoms with Gasteiger partial charge in [-0.15, -0.1) is 0 Å².